The first kappa shape index (κ1) is 25.4. The normalized spacial score (nSPS) is 11.5. The third-order valence-electron chi connectivity index (χ3n) is 5.88. The number of halogens is 2. The lowest BCUT2D eigenvalue weighted by molar-refractivity contribution is 0.394. The summed E-state index contributed by atoms with van der Waals surface area (Å²) in [5, 5.41) is 1.07. The highest BCUT2D eigenvalue weighted by atomic mass is 35.5. The van der Waals surface area contributed by atoms with Gasteiger partial charge in [-0.2, -0.15) is 0 Å². The molecule has 4 rings (SSSR count). The van der Waals surface area contributed by atoms with Crippen LogP contribution < -0.4 is 15.0 Å². The van der Waals surface area contributed by atoms with Crippen LogP contribution in [0.2, 0.25) is 10.0 Å². The minimum absolute atomic E-state index is 0.218. The Morgan fingerprint density at radius 2 is 1.58 bits per heavy atom. The van der Waals surface area contributed by atoms with Gasteiger partial charge in [-0.25, -0.2) is 9.67 Å². The van der Waals surface area contributed by atoms with Crippen molar-refractivity contribution in [3.8, 4) is 17.2 Å². The number of hydrogen-bond donors (Lipinski definition) is 0. The highest BCUT2D eigenvalue weighted by molar-refractivity contribution is 6.37. The number of hydrogen-bond acceptors (Lipinski definition) is 4. The Balaban J connectivity index is 1.83. The van der Waals surface area contributed by atoms with Crippen molar-refractivity contribution in [2.45, 2.75) is 6.92 Å². The van der Waals surface area contributed by atoms with Crippen LogP contribution in [0.3, 0.4) is 0 Å². The molecule has 184 valence electrons. The smallest absolute Gasteiger partial charge is 0.297 e. The molecular weight excluding hydrogens is 497 g/mol. The molecule has 0 aliphatic heterocycles. The Kier molecular flexibility index (Phi) is 7.67. The molecule has 0 saturated carbocycles. The van der Waals surface area contributed by atoms with Gasteiger partial charge in [0.15, 0.2) is 5.69 Å². The van der Waals surface area contributed by atoms with Gasteiger partial charge in [0.1, 0.15) is 11.5 Å². The monoisotopic (exact) mass is 521 g/mol. The van der Waals surface area contributed by atoms with Crippen molar-refractivity contribution in [1.82, 2.24) is 9.36 Å². The van der Waals surface area contributed by atoms with E-state index in [-0.39, 0.29) is 5.56 Å². The molecule has 0 saturated heterocycles. The summed E-state index contributed by atoms with van der Waals surface area (Å²) in [7, 11) is 4.99. The van der Waals surface area contributed by atoms with Crippen molar-refractivity contribution in [3.05, 3.63) is 103 Å². The van der Waals surface area contributed by atoms with Crippen LogP contribution >= 0.6 is 23.2 Å². The summed E-state index contributed by atoms with van der Waals surface area (Å²) in [5.41, 5.74) is 3.72. The Morgan fingerprint density at radius 1 is 0.889 bits per heavy atom. The number of methoxy groups -OCH3 is 2. The van der Waals surface area contributed by atoms with Crippen molar-refractivity contribution in [2.24, 2.45) is 12.0 Å². The number of aromatic nitrogens is 2. The fraction of sp³-hybridized carbons (Fsp3) is 0.143. The summed E-state index contributed by atoms with van der Waals surface area (Å²) < 4.78 is 14.5. The predicted octanol–water partition coefficient (Wildman–Crippen LogP) is 6.73. The molecule has 0 spiro atoms. The number of ether oxygens (including phenoxy) is 2. The third-order valence-corrected chi connectivity index (χ3v) is 6.54. The number of benzene rings is 3. The summed E-state index contributed by atoms with van der Waals surface area (Å²) in [6.07, 6.45) is 5.32. The molecule has 8 heteroatoms. The number of aliphatic imine (C=N–C) groups is 1. The Morgan fingerprint density at radius 3 is 2.22 bits per heavy atom. The molecule has 0 radical (unpaired) electrons. The van der Waals surface area contributed by atoms with Crippen LogP contribution in [-0.4, -0.2) is 29.8 Å². The van der Waals surface area contributed by atoms with E-state index in [9.17, 15) is 4.79 Å². The first-order valence-electron chi connectivity index (χ1n) is 11.1. The van der Waals surface area contributed by atoms with Crippen LogP contribution in [0.1, 0.15) is 22.4 Å². The maximum atomic E-state index is 13.3. The molecule has 36 heavy (non-hydrogen) atoms. The Labute approximate surface area is 219 Å². The second kappa shape index (κ2) is 10.9. The molecule has 0 bridgehead atoms. The average Bonchev–Trinajstić information content (AvgIpc) is 3.10. The van der Waals surface area contributed by atoms with Crippen molar-refractivity contribution >= 4 is 47.3 Å². The fourth-order valence-corrected chi connectivity index (χ4v) is 4.38. The van der Waals surface area contributed by atoms with E-state index < -0.39 is 0 Å². The molecule has 0 N–H and O–H groups in total. The van der Waals surface area contributed by atoms with Gasteiger partial charge in [0.05, 0.1) is 25.6 Å². The van der Waals surface area contributed by atoms with Crippen LogP contribution in [-0.2, 0) is 7.05 Å². The highest BCUT2D eigenvalue weighted by Crippen LogP contribution is 2.31. The van der Waals surface area contributed by atoms with E-state index in [1.54, 1.807) is 54.1 Å². The predicted molar refractivity (Wildman–Crippen MR) is 148 cm³/mol. The topological polar surface area (TPSA) is 57.8 Å². The van der Waals surface area contributed by atoms with Gasteiger partial charge in [0, 0.05) is 40.5 Å². The molecule has 1 heterocycles. The van der Waals surface area contributed by atoms with E-state index in [1.807, 2.05) is 62.5 Å². The molecule has 0 amide bonds. The summed E-state index contributed by atoms with van der Waals surface area (Å²) in [6.45, 7) is 1.86. The lowest BCUT2D eigenvalue weighted by Gasteiger charge is -2.11. The van der Waals surface area contributed by atoms with Gasteiger partial charge in [0.2, 0.25) is 0 Å². The standard InChI is InChI=1S/C28H25Cl2N3O3/c1-18-27(28(34)33(32(18)2)20-9-6-5-7-10-20)31-17-23-19(15-21(35-3)16-26(23)36-4)13-14-22-24(29)11-8-12-25(22)30/h5-17H,1-4H3/b14-13+,31-17?. The summed E-state index contributed by atoms with van der Waals surface area (Å²) in [5.74, 6) is 1.15. The number of nitrogens with zero attached hydrogens (tertiary/aromatic N) is 3. The van der Waals surface area contributed by atoms with Crippen molar-refractivity contribution in [2.75, 3.05) is 14.2 Å². The van der Waals surface area contributed by atoms with Gasteiger partial charge in [-0.1, -0.05) is 59.6 Å². The van der Waals surface area contributed by atoms with Crippen LogP contribution in [0.4, 0.5) is 5.69 Å². The molecule has 1 aromatic heterocycles. The lowest BCUT2D eigenvalue weighted by Crippen LogP contribution is -2.19. The van der Waals surface area contributed by atoms with E-state index in [0.29, 0.717) is 38.4 Å². The molecule has 3 aromatic carbocycles. The van der Waals surface area contributed by atoms with Gasteiger partial charge in [-0.05, 0) is 42.8 Å². The van der Waals surface area contributed by atoms with Gasteiger partial charge in [-0.3, -0.25) is 9.48 Å². The number of rotatable bonds is 7. The summed E-state index contributed by atoms with van der Waals surface area (Å²) in [6, 6.07) is 18.4. The minimum atomic E-state index is -0.218. The van der Waals surface area contributed by atoms with Gasteiger partial charge in [0.25, 0.3) is 5.56 Å². The van der Waals surface area contributed by atoms with Crippen LogP contribution in [0.15, 0.2) is 70.5 Å². The lowest BCUT2D eigenvalue weighted by atomic mass is 10.0. The zero-order valence-electron chi connectivity index (χ0n) is 20.3. The molecular formula is C28H25Cl2N3O3. The molecule has 6 nitrogen and oxygen atoms in total. The zero-order chi connectivity index (χ0) is 25.8. The Hall–Kier alpha value is -3.74. The van der Waals surface area contributed by atoms with E-state index >= 15 is 0 Å². The zero-order valence-corrected chi connectivity index (χ0v) is 21.8. The van der Waals surface area contributed by atoms with Crippen LogP contribution in [0.25, 0.3) is 17.8 Å². The van der Waals surface area contributed by atoms with Crippen LogP contribution in [0, 0.1) is 6.92 Å². The van der Waals surface area contributed by atoms with E-state index in [2.05, 4.69) is 4.99 Å². The number of para-hydroxylation sites is 1. The SMILES string of the molecule is COc1cc(/C=C/c2c(Cl)cccc2Cl)c(C=Nc2c(C)n(C)n(-c3ccccc3)c2=O)c(OC)c1. The quantitative estimate of drug-likeness (QED) is 0.200. The van der Waals surface area contributed by atoms with Gasteiger partial charge in [-0.15, -0.1) is 0 Å². The average molecular weight is 522 g/mol. The summed E-state index contributed by atoms with van der Waals surface area (Å²) in [4.78, 5) is 17.9. The second-order valence-electron chi connectivity index (χ2n) is 7.97. The first-order valence-corrected chi connectivity index (χ1v) is 11.9. The highest BCUT2D eigenvalue weighted by Gasteiger charge is 2.16. The molecule has 0 aliphatic rings. The van der Waals surface area contributed by atoms with Crippen molar-refractivity contribution in [1.29, 1.82) is 0 Å². The molecule has 0 fully saturated rings. The van der Waals surface area contributed by atoms with E-state index in [0.717, 1.165) is 16.9 Å². The fourth-order valence-electron chi connectivity index (χ4n) is 3.86. The van der Waals surface area contributed by atoms with Gasteiger partial charge >= 0.3 is 0 Å². The molecule has 0 unspecified atom stereocenters. The Bertz CT molecular complexity index is 1500. The van der Waals surface area contributed by atoms with Crippen molar-refractivity contribution in [3.63, 3.8) is 0 Å². The van der Waals surface area contributed by atoms with E-state index in [1.165, 1.54) is 0 Å². The molecule has 0 aliphatic carbocycles. The van der Waals surface area contributed by atoms with Crippen LogP contribution in [0.5, 0.6) is 11.5 Å². The molecule has 0 atom stereocenters. The molecule has 4 aromatic rings. The maximum Gasteiger partial charge on any atom is 0.297 e. The summed E-state index contributed by atoms with van der Waals surface area (Å²) >= 11 is 12.7. The largest absolute Gasteiger partial charge is 0.497 e. The second-order valence-corrected chi connectivity index (χ2v) is 8.78. The van der Waals surface area contributed by atoms with Gasteiger partial charge < -0.3 is 9.47 Å². The third kappa shape index (κ3) is 4.96. The van der Waals surface area contributed by atoms with Crippen molar-refractivity contribution < 1.29 is 9.47 Å². The maximum absolute atomic E-state index is 13.3. The first-order chi connectivity index (χ1) is 17.3. The van der Waals surface area contributed by atoms with E-state index in [4.69, 9.17) is 32.7 Å². The minimum Gasteiger partial charge on any atom is -0.497 e.